The first-order valence-corrected chi connectivity index (χ1v) is 8.24. The first-order valence-electron chi connectivity index (χ1n) is 8.24. The molecule has 0 saturated carbocycles. The SMILES string of the molecule is Oc1ccc(CN2CCN(COCc3ccc(F)cc3)CC2)cc1. The van der Waals surface area contributed by atoms with Gasteiger partial charge in [-0.25, -0.2) is 4.39 Å². The quantitative estimate of drug-likeness (QED) is 0.883. The molecule has 1 aliphatic rings. The third-order valence-corrected chi connectivity index (χ3v) is 4.26. The van der Waals surface area contributed by atoms with E-state index in [1.807, 2.05) is 12.1 Å². The number of ether oxygens (including phenoxy) is 1. The second-order valence-corrected chi connectivity index (χ2v) is 6.16. The molecule has 0 atom stereocenters. The van der Waals surface area contributed by atoms with Crippen LogP contribution >= 0.6 is 0 Å². The van der Waals surface area contributed by atoms with E-state index in [1.54, 1.807) is 24.3 Å². The molecule has 0 spiro atoms. The molecule has 0 bridgehead atoms. The molecule has 3 rings (SSSR count). The van der Waals surface area contributed by atoms with Crippen LogP contribution in [0.2, 0.25) is 0 Å². The zero-order chi connectivity index (χ0) is 16.8. The Hall–Kier alpha value is -1.95. The normalized spacial score (nSPS) is 16.4. The molecule has 1 saturated heterocycles. The van der Waals surface area contributed by atoms with Crippen LogP contribution < -0.4 is 0 Å². The van der Waals surface area contributed by atoms with Crippen LogP contribution in [-0.4, -0.2) is 47.8 Å². The van der Waals surface area contributed by atoms with Crippen LogP contribution in [0.3, 0.4) is 0 Å². The van der Waals surface area contributed by atoms with Crippen molar-refractivity contribution in [3.63, 3.8) is 0 Å². The van der Waals surface area contributed by atoms with Gasteiger partial charge < -0.3 is 9.84 Å². The summed E-state index contributed by atoms with van der Waals surface area (Å²) in [5.74, 6) is 0.0883. The number of piperazine rings is 1. The first kappa shape index (κ1) is 16.9. The molecule has 0 amide bonds. The highest BCUT2D eigenvalue weighted by Crippen LogP contribution is 2.13. The lowest BCUT2D eigenvalue weighted by Crippen LogP contribution is -2.46. The van der Waals surface area contributed by atoms with Crippen LogP contribution in [0.5, 0.6) is 5.75 Å². The fraction of sp³-hybridized carbons (Fsp3) is 0.368. The summed E-state index contributed by atoms with van der Waals surface area (Å²) in [4.78, 5) is 4.69. The van der Waals surface area contributed by atoms with Crippen molar-refractivity contribution in [2.45, 2.75) is 13.2 Å². The Balaban J connectivity index is 1.36. The zero-order valence-corrected chi connectivity index (χ0v) is 13.7. The van der Waals surface area contributed by atoms with E-state index in [0.29, 0.717) is 19.1 Å². The summed E-state index contributed by atoms with van der Waals surface area (Å²) in [5.41, 5.74) is 2.20. The maximum Gasteiger partial charge on any atom is 0.123 e. The van der Waals surface area contributed by atoms with Crippen molar-refractivity contribution in [1.82, 2.24) is 9.80 Å². The predicted molar refractivity (Wildman–Crippen MR) is 91.0 cm³/mol. The lowest BCUT2D eigenvalue weighted by atomic mass is 10.2. The second kappa shape index (κ2) is 8.24. The van der Waals surface area contributed by atoms with Gasteiger partial charge in [0.25, 0.3) is 0 Å². The summed E-state index contributed by atoms with van der Waals surface area (Å²) in [6, 6.07) is 13.8. The Morgan fingerprint density at radius 2 is 1.42 bits per heavy atom. The highest BCUT2D eigenvalue weighted by Gasteiger charge is 2.16. The van der Waals surface area contributed by atoms with Crippen molar-refractivity contribution in [3.05, 3.63) is 65.5 Å². The summed E-state index contributed by atoms with van der Waals surface area (Å²) < 4.78 is 18.6. The van der Waals surface area contributed by atoms with Crippen molar-refractivity contribution in [1.29, 1.82) is 0 Å². The molecule has 5 heteroatoms. The summed E-state index contributed by atoms with van der Waals surface area (Å²) in [7, 11) is 0. The van der Waals surface area contributed by atoms with E-state index in [2.05, 4.69) is 9.80 Å². The first-order chi connectivity index (χ1) is 11.7. The standard InChI is InChI=1S/C19H23FN2O2/c20-18-5-1-17(2-6-18)14-24-15-22-11-9-21(10-12-22)13-16-3-7-19(23)8-4-16/h1-8,23H,9-15H2. The number of hydrogen-bond acceptors (Lipinski definition) is 4. The van der Waals surface area contributed by atoms with E-state index in [0.717, 1.165) is 38.3 Å². The number of halogens is 1. The molecule has 128 valence electrons. The van der Waals surface area contributed by atoms with Crippen LogP contribution in [-0.2, 0) is 17.9 Å². The zero-order valence-electron chi connectivity index (χ0n) is 13.7. The molecule has 0 unspecified atom stereocenters. The molecular weight excluding hydrogens is 307 g/mol. The van der Waals surface area contributed by atoms with E-state index in [4.69, 9.17) is 4.74 Å². The van der Waals surface area contributed by atoms with Crippen LogP contribution in [0, 0.1) is 5.82 Å². The Morgan fingerprint density at radius 1 is 0.833 bits per heavy atom. The molecule has 1 fully saturated rings. The maximum absolute atomic E-state index is 12.8. The summed E-state index contributed by atoms with van der Waals surface area (Å²) in [5, 5.41) is 9.32. The average Bonchev–Trinajstić information content (AvgIpc) is 2.60. The molecule has 2 aromatic rings. The van der Waals surface area contributed by atoms with Crippen molar-refractivity contribution >= 4 is 0 Å². The number of nitrogens with zero attached hydrogens (tertiary/aromatic N) is 2. The van der Waals surface area contributed by atoms with Crippen molar-refractivity contribution in [3.8, 4) is 5.75 Å². The van der Waals surface area contributed by atoms with Gasteiger partial charge in [0.05, 0.1) is 13.3 Å². The number of aromatic hydroxyl groups is 1. The third kappa shape index (κ3) is 5.03. The van der Waals surface area contributed by atoms with Crippen LogP contribution in [0.15, 0.2) is 48.5 Å². The van der Waals surface area contributed by atoms with E-state index < -0.39 is 0 Å². The maximum atomic E-state index is 12.8. The van der Waals surface area contributed by atoms with Gasteiger partial charge in [0, 0.05) is 32.7 Å². The Labute approximate surface area is 142 Å². The summed E-state index contributed by atoms with van der Waals surface area (Å²) in [6.45, 7) is 5.97. The van der Waals surface area contributed by atoms with Gasteiger partial charge in [0.1, 0.15) is 11.6 Å². The van der Waals surface area contributed by atoms with Crippen molar-refractivity contribution < 1.29 is 14.2 Å². The van der Waals surface area contributed by atoms with E-state index in [-0.39, 0.29) is 5.82 Å². The van der Waals surface area contributed by atoms with Gasteiger partial charge >= 0.3 is 0 Å². The molecule has 4 nitrogen and oxygen atoms in total. The van der Waals surface area contributed by atoms with E-state index in [1.165, 1.54) is 17.7 Å². The van der Waals surface area contributed by atoms with Crippen LogP contribution in [0.25, 0.3) is 0 Å². The molecule has 24 heavy (non-hydrogen) atoms. The molecule has 0 aliphatic carbocycles. The van der Waals surface area contributed by atoms with Crippen LogP contribution in [0.1, 0.15) is 11.1 Å². The smallest absolute Gasteiger partial charge is 0.123 e. The molecule has 1 heterocycles. The number of benzene rings is 2. The monoisotopic (exact) mass is 330 g/mol. The topological polar surface area (TPSA) is 35.9 Å². The Kier molecular flexibility index (Phi) is 5.80. The van der Waals surface area contributed by atoms with Gasteiger partial charge in [-0.05, 0) is 35.4 Å². The summed E-state index contributed by atoms with van der Waals surface area (Å²) >= 11 is 0. The van der Waals surface area contributed by atoms with Gasteiger partial charge in [-0.3, -0.25) is 9.80 Å². The van der Waals surface area contributed by atoms with Crippen molar-refractivity contribution in [2.75, 3.05) is 32.9 Å². The van der Waals surface area contributed by atoms with E-state index >= 15 is 0 Å². The van der Waals surface area contributed by atoms with Crippen molar-refractivity contribution in [2.24, 2.45) is 0 Å². The minimum atomic E-state index is -0.219. The average molecular weight is 330 g/mol. The highest BCUT2D eigenvalue weighted by atomic mass is 19.1. The summed E-state index contributed by atoms with van der Waals surface area (Å²) in [6.07, 6.45) is 0. The predicted octanol–water partition coefficient (Wildman–Crippen LogP) is 2.82. The fourth-order valence-corrected chi connectivity index (χ4v) is 2.81. The van der Waals surface area contributed by atoms with Gasteiger partial charge in [-0.15, -0.1) is 0 Å². The number of phenolic OH excluding ortho intramolecular Hbond substituents is 1. The number of phenols is 1. The van der Waals surface area contributed by atoms with E-state index in [9.17, 15) is 9.50 Å². The lowest BCUT2D eigenvalue weighted by Gasteiger charge is -2.34. The molecule has 0 aromatic heterocycles. The number of rotatable bonds is 6. The molecular formula is C19H23FN2O2. The van der Waals surface area contributed by atoms with Crippen LogP contribution in [0.4, 0.5) is 4.39 Å². The fourth-order valence-electron chi connectivity index (χ4n) is 2.81. The Morgan fingerprint density at radius 3 is 2.08 bits per heavy atom. The van der Waals surface area contributed by atoms with Gasteiger partial charge in [-0.1, -0.05) is 24.3 Å². The Bertz CT molecular complexity index is 623. The van der Waals surface area contributed by atoms with Gasteiger partial charge in [0.2, 0.25) is 0 Å². The molecule has 1 aliphatic heterocycles. The lowest BCUT2D eigenvalue weighted by molar-refractivity contribution is -0.00681. The minimum absolute atomic E-state index is 0.219. The third-order valence-electron chi connectivity index (χ3n) is 4.26. The number of hydrogen-bond donors (Lipinski definition) is 1. The largest absolute Gasteiger partial charge is 0.508 e. The molecule has 1 N–H and O–H groups in total. The molecule has 2 aromatic carbocycles. The van der Waals surface area contributed by atoms with Gasteiger partial charge in [-0.2, -0.15) is 0 Å². The second-order valence-electron chi connectivity index (χ2n) is 6.16. The minimum Gasteiger partial charge on any atom is -0.508 e. The van der Waals surface area contributed by atoms with Gasteiger partial charge in [0.15, 0.2) is 0 Å². The molecule has 0 radical (unpaired) electrons. The highest BCUT2D eigenvalue weighted by molar-refractivity contribution is 5.25.